The minimum Gasteiger partial charge on any atom is -0.379 e. The van der Waals surface area contributed by atoms with E-state index in [1.54, 1.807) is 4.57 Å². The number of aromatic nitrogens is 1. The monoisotopic (exact) mass is 375 g/mol. The molecule has 26 heavy (non-hydrogen) atoms. The minimum absolute atomic E-state index is 0.00819. The summed E-state index contributed by atoms with van der Waals surface area (Å²) in [7, 11) is 0. The van der Waals surface area contributed by atoms with Crippen molar-refractivity contribution in [2.24, 2.45) is 0 Å². The van der Waals surface area contributed by atoms with Gasteiger partial charge in [-0.05, 0) is 18.1 Å². The molecular weight excluding hydrogens is 350 g/mol. The SMILES string of the molecule is Cc1csc(=O)n1CCC(=O)NCc1ccc(CN2CCOCC2)cc1. The van der Waals surface area contributed by atoms with Gasteiger partial charge in [0, 0.05) is 50.2 Å². The fourth-order valence-corrected chi connectivity index (χ4v) is 3.72. The summed E-state index contributed by atoms with van der Waals surface area (Å²) < 4.78 is 7.01. The Morgan fingerprint density at radius 1 is 1.19 bits per heavy atom. The molecule has 0 saturated carbocycles. The van der Waals surface area contributed by atoms with Gasteiger partial charge in [-0.1, -0.05) is 35.6 Å². The van der Waals surface area contributed by atoms with Gasteiger partial charge < -0.3 is 14.6 Å². The molecule has 1 amide bonds. The number of hydrogen-bond donors (Lipinski definition) is 1. The maximum atomic E-state index is 12.0. The molecule has 0 radical (unpaired) electrons. The number of aryl methyl sites for hydroxylation is 1. The standard InChI is InChI=1S/C19H25N3O3S/c1-15-14-26-19(24)22(15)7-6-18(23)20-12-16-2-4-17(5-3-16)13-21-8-10-25-11-9-21/h2-5,14H,6-13H2,1H3,(H,20,23). The molecule has 1 aromatic heterocycles. The van der Waals surface area contributed by atoms with Gasteiger partial charge in [0.25, 0.3) is 0 Å². The van der Waals surface area contributed by atoms with Gasteiger partial charge in [0.1, 0.15) is 0 Å². The van der Waals surface area contributed by atoms with Gasteiger partial charge in [-0.3, -0.25) is 14.5 Å². The first kappa shape index (κ1) is 18.8. The Morgan fingerprint density at radius 3 is 2.54 bits per heavy atom. The molecule has 2 aromatic rings. The highest BCUT2D eigenvalue weighted by Gasteiger charge is 2.10. The molecule has 0 bridgehead atoms. The number of hydrogen-bond acceptors (Lipinski definition) is 5. The van der Waals surface area contributed by atoms with E-state index in [-0.39, 0.29) is 10.8 Å². The molecule has 1 aliphatic heterocycles. The first-order valence-corrected chi connectivity index (χ1v) is 9.79. The molecule has 1 fully saturated rings. The second-order valence-corrected chi connectivity index (χ2v) is 7.35. The zero-order valence-corrected chi connectivity index (χ0v) is 15.9. The fourth-order valence-electron chi connectivity index (χ4n) is 2.96. The summed E-state index contributed by atoms with van der Waals surface area (Å²) in [6.07, 6.45) is 0.312. The maximum absolute atomic E-state index is 12.0. The average Bonchev–Trinajstić information content (AvgIpc) is 2.98. The first-order valence-electron chi connectivity index (χ1n) is 8.91. The maximum Gasteiger partial charge on any atom is 0.307 e. The summed E-state index contributed by atoms with van der Waals surface area (Å²) in [6, 6.07) is 8.35. The van der Waals surface area contributed by atoms with Crippen LogP contribution in [-0.2, 0) is 29.2 Å². The number of carbonyl (C=O) groups is 1. The number of nitrogens with zero attached hydrogens (tertiary/aromatic N) is 2. The van der Waals surface area contributed by atoms with Gasteiger partial charge >= 0.3 is 4.87 Å². The molecule has 6 nitrogen and oxygen atoms in total. The predicted molar refractivity (Wildman–Crippen MR) is 102 cm³/mol. The lowest BCUT2D eigenvalue weighted by Crippen LogP contribution is -2.35. The van der Waals surface area contributed by atoms with E-state index in [1.165, 1.54) is 16.9 Å². The summed E-state index contributed by atoms with van der Waals surface area (Å²) in [5.74, 6) is -0.0418. The van der Waals surface area contributed by atoms with Crippen molar-refractivity contribution in [3.05, 3.63) is 56.1 Å². The zero-order chi connectivity index (χ0) is 18.4. The van der Waals surface area contributed by atoms with E-state index in [4.69, 9.17) is 4.74 Å². The van der Waals surface area contributed by atoms with Gasteiger partial charge in [-0.15, -0.1) is 0 Å². The van der Waals surface area contributed by atoms with Crippen molar-refractivity contribution in [3.63, 3.8) is 0 Å². The molecule has 1 aliphatic rings. The zero-order valence-electron chi connectivity index (χ0n) is 15.1. The normalized spacial score (nSPS) is 15.1. The third-order valence-corrected chi connectivity index (χ3v) is 5.44. The van der Waals surface area contributed by atoms with Crippen molar-refractivity contribution < 1.29 is 9.53 Å². The number of rotatable bonds is 7. The lowest BCUT2D eigenvalue weighted by molar-refractivity contribution is -0.121. The van der Waals surface area contributed by atoms with E-state index in [1.807, 2.05) is 12.3 Å². The highest BCUT2D eigenvalue weighted by molar-refractivity contribution is 7.07. The molecule has 140 valence electrons. The molecule has 3 rings (SSSR count). The van der Waals surface area contributed by atoms with Crippen molar-refractivity contribution in [1.29, 1.82) is 0 Å². The van der Waals surface area contributed by atoms with Gasteiger partial charge in [0.05, 0.1) is 13.2 Å². The average molecular weight is 375 g/mol. The molecule has 0 aliphatic carbocycles. The van der Waals surface area contributed by atoms with Crippen molar-refractivity contribution in [1.82, 2.24) is 14.8 Å². The third kappa shape index (κ3) is 5.27. The second kappa shape index (κ2) is 9.12. The molecule has 2 heterocycles. The number of ether oxygens (including phenoxy) is 1. The van der Waals surface area contributed by atoms with E-state index in [9.17, 15) is 9.59 Å². The Bertz CT molecular complexity index is 776. The summed E-state index contributed by atoms with van der Waals surface area (Å²) >= 11 is 1.17. The topological polar surface area (TPSA) is 63.6 Å². The predicted octanol–water partition coefficient (Wildman–Crippen LogP) is 1.76. The molecule has 0 unspecified atom stereocenters. The highest BCUT2D eigenvalue weighted by atomic mass is 32.1. The van der Waals surface area contributed by atoms with Crippen LogP contribution in [0.1, 0.15) is 23.2 Å². The highest BCUT2D eigenvalue weighted by Crippen LogP contribution is 2.09. The van der Waals surface area contributed by atoms with Crippen LogP contribution in [0.3, 0.4) is 0 Å². The van der Waals surface area contributed by atoms with E-state index in [2.05, 4.69) is 34.5 Å². The van der Waals surface area contributed by atoms with Gasteiger partial charge in [-0.25, -0.2) is 0 Å². The Morgan fingerprint density at radius 2 is 1.88 bits per heavy atom. The van der Waals surface area contributed by atoms with Crippen LogP contribution in [0.5, 0.6) is 0 Å². The second-order valence-electron chi connectivity index (χ2n) is 6.53. The molecule has 7 heteroatoms. The summed E-state index contributed by atoms with van der Waals surface area (Å²) in [5, 5.41) is 4.74. The van der Waals surface area contributed by atoms with Gasteiger partial charge in [-0.2, -0.15) is 0 Å². The summed E-state index contributed by atoms with van der Waals surface area (Å²) in [4.78, 5) is 26.0. The number of thiazole rings is 1. The summed E-state index contributed by atoms with van der Waals surface area (Å²) in [5.41, 5.74) is 3.26. The van der Waals surface area contributed by atoms with Crippen LogP contribution in [0, 0.1) is 6.92 Å². The van der Waals surface area contributed by atoms with E-state index < -0.39 is 0 Å². The van der Waals surface area contributed by atoms with Crippen LogP contribution >= 0.6 is 11.3 Å². The molecule has 1 saturated heterocycles. The molecule has 0 spiro atoms. The largest absolute Gasteiger partial charge is 0.379 e. The Balaban J connectivity index is 1.42. The molecule has 1 N–H and O–H groups in total. The Labute approximate surface area is 157 Å². The van der Waals surface area contributed by atoms with Crippen LogP contribution in [0.4, 0.5) is 0 Å². The summed E-state index contributed by atoms with van der Waals surface area (Å²) in [6.45, 7) is 7.32. The molecular formula is C19H25N3O3S. The van der Waals surface area contributed by atoms with Gasteiger partial charge in [0.2, 0.25) is 5.91 Å². The van der Waals surface area contributed by atoms with Crippen molar-refractivity contribution in [3.8, 4) is 0 Å². The van der Waals surface area contributed by atoms with Crippen LogP contribution in [0.2, 0.25) is 0 Å². The van der Waals surface area contributed by atoms with Crippen molar-refractivity contribution in [2.75, 3.05) is 26.3 Å². The van der Waals surface area contributed by atoms with Gasteiger partial charge in [0.15, 0.2) is 0 Å². The number of carbonyl (C=O) groups excluding carboxylic acids is 1. The first-order chi connectivity index (χ1) is 12.6. The van der Waals surface area contributed by atoms with E-state index in [0.717, 1.165) is 44.1 Å². The van der Waals surface area contributed by atoms with E-state index in [0.29, 0.717) is 19.5 Å². The number of amides is 1. The van der Waals surface area contributed by atoms with Crippen molar-refractivity contribution in [2.45, 2.75) is 33.0 Å². The van der Waals surface area contributed by atoms with E-state index >= 15 is 0 Å². The quantitative estimate of drug-likeness (QED) is 0.801. The lowest BCUT2D eigenvalue weighted by Gasteiger charge is -2.26. The molecule has 0 atom stereocenters. The van der Waals surface area contributed by atoms with Crippen LogP contribution in [-0.4, -0.2) is 41.7 Å². The van der Waals surface area contributed by atoms with Crippen LogP contribution < -0.4 is 10.2 Å². The Kier molecular flexibility index (Phi) is 6.60. The fraction of sp³-hybridized carbons (Fsp3) is 0.474. The third-order valence-electron chi connectivity index (χ3n) is 4.56. The minimum atomic E-state index is -0.0418. The number of morpholine rings is 1. The number of benzene rings is 1. The smallest absolute Gasteiger partial charge is 0.307 e. The molecule has 1 aromatic carbocycles. The van der Waals surface area contributed by atoms with Crippen molar-refractivity contribution >= 4 is 17.2 Å². The lowest BCUT2D eigenvalue weighted by atomic mass is 10.1. The van der Waals surface area contributed by atoms with Crippen LogP contribution in [0.25, 0.3) is 0 Å². The number of nitrogens with one attached hydrogen (secondary N) is 1. The Hall–Kier alpha value is -1.96. The van der Waals surface area contributed by atoms with Crippen LogP contribution in [0.15, 0.2) is 34.4 Å².